The molecule has 53 heavy (non-hydrogen) atoms. The minimum Gasteiger partial charge on any atom is -0.508 e. The standard InChI is InChI=1S/C21H20N2O2.C20H12F5NO2/c1-13-3-5-16(6-4-13)20-18(15-7-9-17(24)10-8-15)11-14(2)12-19(20)21(22)23-25;21-13-5-11(6-14(22)9-13)18-16(10-1-3-15(27)4-2-10)7-12(20(23,24)25)8-17(18)19(26)28/h3-12,24-25H,1-2H3,(H2,22,23);1-9,27H,(H2,26,28). The molecule has 6 aromatic rings. The zero-order valence-corrected chi connectivity index (χ0v) is 28.2. The number of aromatic hydroxyl groups is 2. The molecule has 0 bridgehead atoms. The molecule has 1 amide bonds. The lowest BCUT2D eigenvalue weighted by Crippen LogP contribution is -2.16. The summed E-state index contributed by atoms with van der Waals surface area (Å²) in [5, 5.41) is 31.4. The van der Waals surface area contributed by atoms with Gasteiger partial charge in [0.25, 0.3) is 0 Å². The smallest absolute Gasteiger partial charge is 0.416 e. The van der Waals surface area contributed by atoms with E-state index in [4.69, 9.17) is 11.5 Å². The highest BCUT2D eigenvalue weighted by Gasteiger charge is 2.33. The summed E-state index contributed by atoms with van der Waals surface area (Å²) in [6.07, 6.45) is -4.79. The number of carbonyl (C=O) groups excluding carboxylic acids is 1. The number of nitrogens with zero attached hydrogens (tertiary/aromatic N) is 1. The van der Waals surface area contributed by atoms with Gasteiger partial charge in [0, 0.05) is 28.3 Å². The van der Waals surface area contributed by atoms with Crippen LogP contribution in [0.5, 0.6) is 11.5 Å². The van der Waals surface area contributed by atoms with E-state index in [-0.39, 0.29) is 39.6 Å². The van der Waals surface area contributed by atoms with Crippen molar-refractivity contribution < 1.29 is 42.2 Å². The van der Waals surface area contributed by atoms with Gasteiger partial charge in [-0.1, -0.05) is 65.3 Å². The quantitative estimate of drug-likeness (QED) is 0.0382. The first-order valence-corrected chi connectivity index (χ1v) is 15.9. The summed E-state index contributed by atoms with van der Waals surface area (Å²) >= 11 is 0. The summed E-state index contributed by atoms with van der Waals surface area (Å²) in [6, 6.07) is 27.9. The number of aryl methyl sites for hydroxylation is 2. The van der Waals surface area contributed by atoms with Crippen molar-refractivity contribution in [1.29, 1.82) is 0 Å². The number of hydrogen-bond acceptors (Lipinski definition) is 5. The first-order valence-electron chi connectivity index (χ1n) is 15.9. The third-order valence-electron chi connectivity index (χ3n) is 8.25. The second kappa shape index (κ2) is 15.3. The van der Waals surface area contributed by atoms with Crippen molar-refractivity contribution in [2.45, 2.75) is 20.0 Å². The predicted molar refractivity (Wildman–Crippen MR) is 193 cm³/mol. The van der Waals surface area contributed by atoms with Gasteiger partial charge in [0.15, 0.2) is 5.84 Å². The number of oxime groups is 1. The van der Waals surface area contributed by atoms with Gasteiger partial charge in [-0.2, -0.15) is 13.2 Å². The number of carbonyl (C=O) groups is 1. The van der Waals surface area contributed by atoms with Crippen LogP contribution in [0.2, 0.25) is 0 Å². The lowest BCUT2D eigenvalue weighted by atomic mass is 9.88. The Hall–Kier alpha value is -6.69. The number of amidine groups is 1. The Morgan fingerprint density at radius 1 is 0.585 bits per heavy atom. The summed E-state index contributed by atoms with van der Waals surface area (Å²) < 4.78 is 67.5. The zero-order chi connectivity index (χ0) is 38.6. The zero-order valence-electron chi connectivity index (χ0n) is 28.2. The third kappa shape index (κ3) is 8.62. The number of nitrogens with two attached hydrogens (primary N) is 2. The van der Waals surface area contributed by atoms with E-state index >= 15 is 0 Å². The van der Waals surface area contributed by atoms with Crippen molar-refractivity contribution in [2.24, 2.45) is 16.6 Å². The van der Waals surface area contributed by atoms with Crippen LogP contribution in [0.1, 0.15) is 32.6 Å². The highest BCUT2D eigenvalue weighted by atomic mass is 19.4. The molecule has 0 heterocycles. The highest BCUT2D eigenvalue weighted by molar-refractivity contribution is 6.07. The van der Waals surface area contributed by atoms with Crippen molar-refractivity contribution in [2.75, 3.05) is 0 Å². The molecule has 6 aromatic carbocycles. The number of hydrogen-bond donors (Lipinski definition) is 5. The van der Waals surface area contributed by atoms with Crippen LogP contribution in [0.25, 0.3) is 44.5 Å². The number of rotatable bonds is 6. The molecule has 0 saturated carbocycles. The Morgan fingerprint density at radius 3 is 1.53 bits per heavy atom. The fourth-order valence-corrected chi connectivity index (χ4v) is 5.82. The molecule has 6 rings (SSSR count). The lowest BCUT2D eigenvalue weighted by Gasteiger charge is -2.18. The molecule has 12 heteroatoms. The molecule has 0 saturated heterocycles. The summed E-state index contributed by atoms with van der Waals surface area (Å²) in [5.41, 5.74) is 15.9. The number of phenols is 2. The average Bonchev–Trinajstić information content (AvgIpc) is 3.11. The van der Waals surface area contributed by atoms with E-state index in [1.165, 1.54) is 24.3 Å². The van der Waals surface area contributed by atoms with Gasteiger partial charge in [-0.3, -0.25) is 4.79 Å². The van der Waals surface area contributed by atoms with E-state index in [0.29, 0.717) is 17.7 Å². The van der Waals surface area contributed by atoms with Gasteiger partial charge in [-0.15, -0.1) is 0 Å². The predicted octanol–water partition coefficient (Wildman–Crippen LogP) is 9.56. The summed E-state index contributed by atoms with van der Waals surface area (Å²) in [5.74, 6) is -2.98. The molecule has 0 unspecified atom stereocenters. The van der Waals surface area contributed by atoms with E-state index in [0.717, 1.165) is 51.6 Å². The van der Waals surface area contributed by atoms with Gasteiger partial charge in [0.1, 0.15) is 23.1 Å². The number of halogens is 5. The molecule has 0 radical (unpaired) electrons. The van der Waals surface area contributed by atoms with Crippen LogP contribution >= 0.6 is 0 Å². The average molecular weight is 726 g/mol. The molecule has 7 N–H and O–H groups in total. The Morgan fingerprint density at radius 2 is 1.06 bits per heavy atom. The molecule has 7 nitrogen and oxygen atoms in total. The topological polar surface area (TPSA) is 142 Å². The molecule has 0 aliphatic heterocycles. The van der Waals surface area contributed by atoms with Crippen molar-refractivity contribution in [3.8, 4) is 56.0 Å². The molecule has 0 aromatic heterocycles. The Labute approximate surface area is 300 Å². The number of amides is 1. The summed E-state index contributed by atoms with van der Waals surface area (Å²) in [6.45, 7) is 4.00. The number of benzene rings is 6. The van der Waals surface area contributed by atoms with Crippen LogP contribution in [0.4, 0.5) is 22.0 Å². The van der Waals surface area contributed by atoms with Crippen LogP contribution in [0.15, 0.2) is 120 Å². The van der Waals surface area contributed by atoms with Gasteiger partial charge < -0.3 is 26.9 Å². The maximum Gasteiger partial charge on any atom is 0.416 e. The van der Waals surface area contributed by atoms with E-state index < -0.39 is 34.8 Å². The Balaban J connectivity index is 0.000000206. The van der Waals surface area contributed by atoms with E-state index in [9.17, 15) is 42.2 Å². The van der Waals surface area contributed by atoms with Crippen LogP contribution < -0.4 is 11.5 Å². The van der Waals surface area contributed by atoms with Crippen LogP contribution in [0, 0.1) is 25.5 Å². The molecular formula is C41H32F5N3O4. The number of alkyl halides is 3. The molecule has 270 valence electrons. The number of primary amides is 1. The fourth-order valence-electron chi connectivity index (χ4n) is 5.82. The van der Waals surface area contributed by atoms with E-state index in [1.807, 2.05) is 56.3 Å². The first-order chi connectivity index (χ1) is 25.0. The van der Waals surface area contributed by atoms with Crippen molar-refractivity contribution in [3.63, 3.8) is 0 Å². The van der Waals surface area contributed by atoms with Crippen molar-refractivity contribution >= 4 is 11.7 Å². The largest absolute Gasteiger partial charge is 0.508 e. The van der Waals surface area contributed by atoms with Crippen molar-refractivity contribution in [1.82, 2.24) is 0 Å². The molecule has 0 fully saturated rings. The van der Waals surface area contributed by atoms with Gasteiger partial charge in [0.05, 0.1) is 5.56 Å². The van der Waals surface area contributed by atoms with Gasteiger partial charge in [0.2, 0.25) is 5.91 Å². The lowest BCUT2D eigenvalue weighted by molar-refractivity contribution is -0.137. The van der Waals surface area contributed by atoms with Crippen molar-refractivity contribution in [3.05, 3.63) is 155 Å². The van der Waals surface area contributed by atoms with Gasteiger partial charge in [-0.25, -0.2) is 8.78 Å². The normalized spacial score (nSPS) is 11.5. The first kappa shape index (κ1) is 37.6. The second-order valence-electron chi connectivity index (χ2n) is 12.1. The molecule has 0 aliphatic rings. The maximum atomic E-state index is 13.7. The van der Waals surface area contributed by atoms with Gasteiger partial charge in [-0.05, 0) is 107 Å². The Bertz CT molecular complexity index is 2300. The Kier molecular flexibility index (Phi) is 10.8. The number of phenolic OH excluding ortho intramolecular Hbond substituents is 2. The fraction of sp³-hybridized carbons (Fsp3) is 0.0732. The molecular weight excluding hydrogens is 693 g/mol. The SMILES string of the molecule is Cc1ccc(-c2c(C(N)=NO)cc(C)cc2-c2ccc(O)cc2)cc1.NC(=O)c1cc(C(F)(F)F)cc(-c2ccc(O)cc2)c1-c1cc(F)cc(F)c1. The monoisotopic (exact) mass is 725 g/mol. The van der Waals surface area contributed by atoms with E-state index in [1.54, 1.807) is 12.1 Å². The summed E-state index contributed by atoms with van der Waals surface area (Å²) in [4.78, 5) is 11.9. The van der Waals surface area contributed by atoms with Crippen LogP contribution in [-0.4, -0.2) is 27.2 Å². The third-order valence-corrected chi connectivity index (χ3v) is 8.25. The van der Waals surface area contributed by atoms with Gasteiger partial charge >= 0.3 is 6.18 Å². The maximum absolute atomic E-state index is 13.7. The molecule has 0 atom stereocenters. The van der Waals surface area contributed by atoms with Crippen LogP contribution in [-0.2, 0) is 6.18 Å². The molecule has 0 spiro atoms. The van der Waals surface area contributed by atoms with Crippen LogP contribution in [0.3, 0.4) is 0 Å². The van der Waals surface area contributed by atoms with E-state index in [2.05, 4.69) is 11.2 Å². The summed E-state index contributed by atoms with van der Waals surface area (Å²) in [7, 11) is 0. The minimum absolute atomic E-state index is 0.0688. The highest BCUT2D eigenvalue weighted by Crippen LogP contribution is 2.42. The molecule has 0 aliphatic carbocycles. The second-order valence-corrected chi connectivity index (χ2v) is 12.1. The minimum atomic E-state index is -4.79.